The zero-order valence-corrected chi connectivity index (χ0v) is 13.7. The first-order chi connectivity index (χ1) is 12.0. The fourth-order valence-corrected chi connectivity index (χ4v) is 3.29. The number of benzene rings is 2. The third-order valence-electron chi connectivity index (χ3n) is 4.38. The molecule has 25 heavy (non-hydrogen) atoms. The number of methoxy groups -OCH3 is 1. The van der Waals surface area contributed by atoms with E-state index in [1.54, 1.807) is 30.3 Å². The van der Waals surface area contributed by atoms with Gasteiger partial charge in [-0.2, -0.15) is 18.4 Å². The molecule has 1 saturated heterocycles. The highest BCUT2D eigenvalue weighted by Gasteiger charge is 2.38. The molecule has 2 aromatic rings. The Morgan fingerprint density at radius 3 is 2.28 bits per heavy atom. The Balaban J connectivity index is 2.36. The lowest BCUT2D eigenvalue weighted by Gasteiger charge is -2.26. The second-order valence-electron chi connectivity index (χ2n) is 5.90. The summed E-state index contributed by atoms with van der Waals surface area (Å²) < 4.78 is 45.7. The van der Waals surface area contributed by atoms with Gasteiger partial charge < -0.3 is 9.64 Å². The average Bonchev–Trinajstić information content (AvgIpc) is 3.13. The second kappa shape index (κ2) is 6.67. The summed E-state index contributed by atoms with van der Waals surface area (Å²) in [6.07, 6.45) is -2.71. The van der Waals surface area contributed by atoms with E-state index in [9.17, 15) is 18.4 Å². The minimum atomic E-state index is -4.61. The highest BCUT2D eigenvalue weighted by Crippen LogP contribution is 2.47. The fraction of sp³-hybridized carbons (Fsp3) is 0.316. The molecule has 0 bridgehead atoms. The van der Waals surface area contributed by atoms with Crippen LogP contribution in [-0.4, -0.2) is 20.2 Å². The number of hydrogen-bond acceptors (Lipinski definition) is 3. The largest absolute Gasteiger partial charge is 0.495 e. The molecule has 0 aliphatic carbocycles. The van der Waals surface area contributed by atoms with Gasteiger partial charge in [-0.05, 0) is 24.5 Å². The molecule has 0 amide bonds. The van der Waals surface area contributed by atoms with Gasteiger partial charge in [0, 0.05) is 18.7 Å². The van der Waals surface area contributed by atoms with E-state index < -0.39 is 17.5 Å². The summed E-state index contributed by atoms with van der Waals surface area (Å²) in [5.74, 6) is -0.406. The lowest BCUT2D eigenvalue weighted by Crippen LogP contribution is -2.21. The standard InChI is InChI=1S/C19H17F3N2O/c1-25-18-15(12-23)17(24-9-5-6-10-24)14(11-16(18)19(20,21)22)13-7-3-2-4-8-13/h2-4,7-8,11H,5-6,9-10H2,1H3. The van der Waals surface area contributed by atoms with Crippen LogP contribution < -0.4 is 9.64 Å². The van der Waals surface area contributed by atoms with Gasteiger partial charge in [0.1, 0.15) is 11.6 Å². The van der Waals surface area contributed by atoms with Gasteiger partial charge in [0.2, 0.25) is 0 Å². The van der Waals surface area contributed by atoms with E-state index in [0.29, 0.717) is 29.9 Å². The molecule has 0 atom stereocenters. The van der Waals surface area contributed by atoms with Crippen molar-refractivity contribution >= 4 is 5.69 Å². The van der Waals surface area contributed by atoms with Gasteiger partial charge in [-0.1, -0.05) is 30.3 Å². The molecule has 6 heteroatoms. The Morgan fingerprint density at radius 2 is 1.76 bits per heavy atom. The number of hydrogen-bond donors (Lipinski definition) is 0. The van der Waals surface area contributed by atoms with Gasteiger partial charge in [-0.25, -0.2) is 0 Å². The molecule has 130 valence electrons. The first kappa shape index (κ1) is 17.2. The summed E-state index contributed by atoms with van der Waals surface area (Å²) in [6.45, 7) is 1.42. The Kier molecular flexibility index (Phi) is 4.58. The van der Waals surface area contributed by atoms with Crippen molar-refractivity contribution in [2.45, 2.75) is 19.0 Å². The van der Waals surface area contributed by atoms with Gasteiger partial charge in [0.05, 0.1) is 18.4 Å². The number of alkyl halides is 3. The Labute approximate surface area is 144 Å². The van der Waals surface area contributed by atoms with Crippen molar-refractivity contribution in [2.75, 3.05) is 25.1 Å². The van der Waals surface area contributed by atoms with Crippen molar-refractivity contribution in [1.29, 1.82) is 5.26 Å². The van der Waals surface area contributed by atoms with Crippen LogP contribution in [0.25, 0.3) is 11.1 Å². The number of rotatable bonds is 3. The van der Waals surface area contributed by atoms with Crippen LogP contribution in [0, 0.1) is 11.3 Å². The summed E-state index contributed by atoms with van der Waals surface area (Å²) in [7, 11) is 1.17. The maximum Gasteiger partial charge on any atom is 0.420 e. The van der Waals surface area contributed by atoms with Crippen LogP contribution in [0.4, 0.5) is 18.9 Å². The van der Waals surface area contributed by atoms with E-state index in [1.807, 2.05) is 11.0 Å². The molecule has 0 aromatic heterocycles. The van der Waals surface area contributed by atoms with Crippen molar-refractivity contribution in [1.82, 2.24) is 0 Å². The molecular formula is C19H17F3N2O. The Bertz CT molecular complexity index is 804. The third-order valence-corrected chi connectivity index (χ3v) is 4.38. The smallest absolute Gasteiger partial charge is 0.420 e. The van der Waals surface area contributed by atoms with E-state index in [1.165, 1.54) is 7.11 Å². The van der Waals surface area contributed by atoms with E-state index in [2.05, 4.69) is 0 Å². The predicted octanol–water partition coefficient (Wildman–Crippen LogP) is 4.85. The molecule has 3 rings (SSSR count). The molecule has 1 aliphatic rings. The van der Waals surface area contributed by atoms with Crippen LogP contribution >= 0.6 is 0 Å². The van der Waals surface area contributed by atoms with Gasteiger partial charge in [-0.3, -0.25) is 0 Å². The normalized spacial score (nSPS) is 14.4. The molecule has 0 unspecified atom stereocenters. The van der Waals surface area contributed by atoms with Crippen LogP contribution in [0.3, 0.4) is 0 Å². The van der Waals surface area contributed by atoms with Gasteiger partial charge in [0.15, 0.2) is 5.75 Å². The zero-order chi connectivity index (χ0) is 18.0. The van der Waals surface area contributed by atoms with Crippen LogP contribution in [0.5, 0.6) is 5.75 Å². The lowest BCUT2D eigenvalue weighted by molar-refractivity contribution is -0.138. The summed E-state index contributed by atoms with van der Waals surface area (Å²) in [5, 5.41) is 9.63. The second-order valence-corrected chi connectivity index (χ2v) is 5.90. The first-order valence-corrected chi connectivity index (χ1v) is 8.00. The molecule has 0 spiro atoms. The van der Waals surface area contributed by atoms with Crippen LogP contribution in [0.2, 0.25) is 0 Å². The number of ether oxygens (including phenoxy) is 1. The minimum Gasteiger partial charge on any atom is -0.495 e. The molecule has 0 N–H and O–H groups in total. The molecule has 1 heterocycles. The summed E-state index contributed by atoms with van der Waals surface area (Å²) >= 11 is 0. The molecule has 0 radical (unpaired) electrons. The van der Waals surface area contributed by atoms with Gasteiger partial charge in [-0.15, -0.1) is 0 Å². The maximum atomic E-state index is 13.6. The Hall–Kier alpha value is -2.68. The average molecular weight is 346 g/mol. The summed E-state index contributed by atoms with van der Waals surface area (Å²) in [6, 6.07) is 11.9. The number of nitriles is 1. The minimum absolute atomic E-state index is 0.0573. The van der Waals surface area contributed by atoms with Crippen molar-refractivity contribution < 1.29 is 17.9 Å². The van der Waals surface area contributed by atoms with E-state index in [4.69, 9.17) is 4.74 Å². The van der Waals surface area contributed by atoms with E-state index in [0.717, 1.165) is 18.9 Å². The van der Waals surface area contributed by atoms with Crippen LogP contribution in [0.1, 0.15) is 24.0 Å². The van der Waals surface area contributed by atoms with Crippen molar-refractivity contribution in [2.24, 2.45) is 0 Å². The predicted molar refractivity (Wildman–Crippen MR) is 89.6 cm³/mol. The first-order valence-electron chi connectivity index (χ1n) is 8.00. The van der Waals surface area contributed by atoms with Gasteiger partial charge in [0.25, 0.3) is 0 Å². The van der Waals surface area contributed by atoms with Crippen molar-refractivity contribution in [3.05, 3.63) is 47.5 Å². The third kappa shape index (κ3) is 3.14. The monoisotopic (exact) mass is 346 g/mol. The topological polar surface area (TPSA) is 36.3 Å². The number of halogens is 3. The molecule has 2 aromatic carbocycles. The number of anilines is 1. The van der Waals surface area contributed by atoms with Gasteiger partial charge >= 0.3 is 6.18 Å². The highest BCUT2D eigenvalue weighted by atomic mass is 19.4. The lowest BCUT2D eigenvalue weighted by atomic mass is 9.95. The maximum absolute atomic E-state index is 13.6. The molecule has 0 saturated carbocycles. The molecule has 3 nitrogen and oxygen atoms in total. The van der Waals surface area contributed by atoms with E-state index in [-0.39, 0.29) is 5.56 Å². The number of nitrogens with zero attached hydrogens (tertiary/aromatic N) is 2. The molecule has 1 fully saturated rings. The van der Waals surface area contributed by atoms with Crippen molar-refractivity contribution in [3.63, 3.8) is 0 Å². The van der Waals surface area contributed by atoms with Crippen LogP contribution in [-0.2, 0) is 6.18 Å². The molecule has 1 aliphatic heterocycles. The Morgan fingerprint density at radius 1 is 1.12 bits per heavy atom. The fourth-order valence-electron chi connectivity index (χ4n) is 3.29. The van der Waals surface area contributed by atoms with Crippen LogP contribution in [0.15, 0.2) is 36.4 Å². The zero-order valence-electron chi connectivity index (χ0n) is 13.7. The quantitative estimate of drug-likeness (QED) is 0.797. The summed E-state index contributed by atoms with van der Waals surface area (Å²) in [4.78, 5) is 1.98. The molecular weight excluding hydrogens is 329 g/mol. The summed E-state index contributed by atoms with van der Waals surface area (Å²) in [5.41, 5.74) is 0.601. The SMILES string of the molecule is COc1c(C(F)(F)F)cc(-c2ccccc2)c(N2CCCC2)c1C#N. The van der Waals surface area contributed by atoms with E-state index >= 15 is 0 Å². The highest BCUT2D eigenvalue weighted by molar-refractivity contribution is 5.86. The van der Waals surface area contributed by atoms with Crippen molar-refractivity contribution in [3.8, 4) is 22.9 Å².